The lowest BCUT2D eigenvalue weighted by molar-refractivity contribution is -0.141. The summed E-state index contributed by atoms with van der Waals surface area (Å²) in [4.78, 5) is 37.4. The van der Waals surface area contributed by atoms with E-state index in [4.69, 9.17) is 0 Å². The van der Waals surface area contributed by atoms with Gasteiger partial charge >= 0.3 is 5.97 Å². The number of aryl methyl sites for hydroxylation is 1. The minimum atomic E-state index is -0.937. The van der Waals surface area contributed by atoms with Crippen LogP contribution in [0.2, 0.25) is 0 Å². The van der Waals surface area contributed by atoms with Crippen LogP contribution >= 0.6 is 0 Å². The average molecular weight is 304 g/mol. The molecule has 22 heavy (non-hydrogen) atoms. The Morgan fingerprint density at radius 2 is 1.95 bits per heavy atom. The number of fused-ring (bicyclic) bond motifs is 1. The second-order valence-corrected chi connectivity index (χ2v) is 6.28. The molecule has 1 saturated carbocycles. The summed E-state index contributed by atoms with van der Waals surface area (Å²) in [6.07, 6.45) is 6.02. The van der Waals surface area contributed by atoms with Gasteiger partial charge in [0.25, 0.3) is 5.91 Å². The normalized spacial score (nSPS) is 27.5. The van der Waals surface area contributed by atoms with E-state index < -0.39 is 12.0 Å². The van der Waals surface area contributed by atoms with Crippen molar-refractivity contribution in [1.29, 1.82) is 0 Å². The lowest BCUT2D eigenvalue weighted by Crippen LogP contribution is -2.46. The van der Waals surface area contributed by atoms with E-state index in [-0.39, 0.29) is 23.4 Å². The van der Waals surface area contributed by atoms with Gasteiger partial charge in [-0.1, -0.05) is 12.8 Å². The van der Waals surface area contributed by atoms with Crippen LogP contribution in [-0.2, 0) is 11.8 Å². The summed E-state index contributed by atoms with van der Waals surface area (Å²) in [5.74, 6) is -0.934. The minimum Gasteiger partial charge on any atom is -0.480 e. The number of hydrogen-bond donors (Lipinski definition) is 1. The Balaban J connectivity index is 1.95. The lowest BCUT2D eigenvalue weighted by Gasteiger charge is -2.33. The maximum Gasteiger partial charge on any atom is 0.326 e. The summed E-state index contributed by atoms with van der Waals surface area (Å²) in [6, 6.07) is 2.09. The van der Waals surface area contributed by atoms with E-state index in [1.807, 2.05) is 0 Å². The SMILES string of the molecule is Cn1cc(C(=O)N2[C@@H]3CCCC[C@H]3C[C@H]2C(=O)O)ccc1=O. The number of carbonyl (C=O) groups excluding carboxylic acids is 1. The molecule has 0 unspecified atom stereocenters. The van der Waals surface area contributed by atoms with Crippen molar-refractivity contribution in [3.05, 3.63) is 34.2 Å². The van der Waals surface area contributed by atoms with Crippen molar-refractivity contribution in [1.82, 2.24) is 9.47 Å². The number of aliphatic carboxylic acids is 1. The van der Waals surface area contributed by atoms with Gasteiger partial charge in [-0.3, -0.25) is 9.59 Å². The molecular weight excluding hydrogens is 284 g/mol. The van der Waals surface area contributed by atoms with E-state index in [1.54, 1.807) is 11.9 Å². The third kappa shape index (κ3) is 2.42. The van der Waals surface area contributed by atoms with Crippen molar-refractivity contribution < 1.29 is 14.7 Å². The molecule has 0 radical (unpaired) electrons. The molecule has 1 saturated heterocycles. The molecule has 2 heterocycles. The molecule has 1 aliphatic carbocycles. The fourth-order valence-electron chi connectivity index (χ4n) is 3.84. The van der Waals surface area contributed by atoms with Crippen LogP contribution in [0.4, 0.5) is 0 Å². The molecule has 118 valence electrons. The molecule has 0 aromatic carbocycles. The van der Waals surface area contributed by atoms with Gasteiger partial charge in [0.1, 0.15) is 6.04 Å². The number of hydrogen-bond acceptors (Lipinski definition) is 3. The summed E-state index contributed by atoms with van der Waals surface area (Å²) in [7, 11) is 1.58. The summed E-state index contributed by atoms with van der Waals surface area (Å²) in [5, 5.41) is 9.48. The van der Waals surface area contributed by atoms with Crippen molar-refractivity contribution in [3.63, 3.8) is 0 Å². The molecule has 2 fully saturated rings. The zero-order chi connectivity index (χ0) is 15.9. The molecule has 1 amide bonds. The Kier molecular flexibility index (Phi) is 3.76. The topological polar surface area (TPSA) is 79.6 Å². The summed E-state index contributed by atoms with van der Waals surface area (Å²) in [6.45, 7) is 0. The van der Waals surface area contributed by atoms with Crippen LogP contribution in [-0.4, -0.2) is 38.5 Å². The highest BCUT2D eigenvalue weighted by atomic mass is 16.4. The van der Waals surface area contributed by atoms with Crippen LogP contribution in [0.3, 0.4) is 0 Å². The Morgan fingerprint density at radius 3 is 2.64 bits per heavy atom. The second kappa shape index (κ2) is 5.59. The lowest BCUT2D eigenvalue weighted by atomic mass is 9.84. The monoisotopic (exact) mass is 304 g/mol. The first-order valence-corrected chi connectivity index (χ1v) is 7.71. The number of carboxylic acid groups (broad SMARTS) is 1. The standard InChI is InChI=1S/C16H20N2O4/c1-17-9-11(6-7-14(17)19)15(20)18-12-5-3-2-4-10(12)8-13(18)16(21)22/h6-7,9-10,12-13H,2-5,8H2,1H3,(H,21,22)/t10-,12+,13-/m0/s1. The molecule has 1 aromatic heterocycles. The van der Waals surface area contributed by atoms with Crippen molar-refractivity contribution in [2.75, 3.05) is 0 Å². The van der Waals surface area contributed by atoms with Crippen LogP contribution in [0.5, 0.6) is 0 Å². The molecule has 0 bridgehead atoms. The fraction of sp³-hybridized carbons (Fsp3) is 0.562. The first-order valence-electron chi connectivity index (χ1n) is 7.71. The van der Waals surface area contributed by atoms with Gasteiger partial charge in [0, 0.05) is 25.4 Å². The van der Waals surface area contributed by atoms with Crippen LogP contribution in [0.1, 0.15) is 42.5 Å². The number of likely N-dealkylation sites (tertiary alicyclic amines) is 1. The largest absolute Gasteiger partial charge is 0.480 e. The Labute approximate surface area is 128 Å². The number of pyridine rings is 1. The van der Waals surface area contributed by atoms with E-state index in [1.165, 1.54) is 22.9 Å². The van der Waals surface area contributed by atoms with Crippen molar-refractivity contribution in [2.45, 2.75) is 44.2 Å². The first-order chi connectivity index (χ1) is 10.5. The van der Waals surface area contributed by atoms with Crippen LogP contribution in [0.15, 0.2) is 23.1 Å². The van der Waals surface area contributed by atoms with Gasteiger partial charge in [-0.2, -0.15) is 0 Å². The van der Waals surface area contributed by atoms with Gasteiger partial charge in [-0.05, 0) is 31.2 Å². The predicted octanol–water partition coefficient (Wildman–Crippen LogP) is 1.24. The third-order valence-corrected chi connectivity index (χ3v) is 4.94. The van der Waals surface area contributed by atoms with Gasteiger partial charge in [0.05, 0.1) is 5.56 Å². The molecule has 6 nitrogen and oxygen atoms in total. The highest BCUT2D eigenvalue weighted by Gasteiger charge is 2.47. The van der Waals surface area contributed by atoms with Crippen molar-refractivity contribution in [2.24, 2.45) is 13.0 Å². The zero-order valence-electron chi connectivity index (χ0n) is 12.6. The van der Waals surface area contributed by atoms with Crippen molar-refractivity contribution in [3.8, 4) is 0 Å². The average Bonchev–Trinajstić information content (AvgIpc) is 2.89. The second-order valence-electron chi connectivity index (χ2n) is 6.28. The van der Waals surface area contributed by atoms with Gasteiger partial charge in [0.2, 0.25) is 5.56 Å². The maximum atomic E-state index is 12.8. The molecule has 3 atom stereocenters. The number of carboxylic acids is 1. The van der Waals surface area contributed by atoms with E-state index in [0.717, 1.165) is 25.7 Å². The maximum absolute atomic E-state index is 12.8. The Morgan fingerprint density at radius 1 is 1.23 bits per heavy atom. The van der Waals surface area contributed by atoms with Crippen LogP contribution < -0.4 is 5.56 Å². The number of amides is 1. The van der Waals surface area contributed by atoms with E-state index in [0.29, 0.717) is 12.0 Å². The van der Waals surface area contributed by atoms with Crippen LogP contribution in [0, 0.1) is 5.92 Å². The van der Waals surface area contributed by atoms with E-state index in [9.17, 15) is 19.5 Å². The van der Waals surface area contributed by atoms with Gasteiger partial charge < -0.3 is 14.6 Å². The van der Waals surface area contributed by atoms with Gasteiger partial charge in [-0.25, -0.2) is 4.79 Å². The number of rotatable bonds is 2. The number of nitrogens with zero attached hydrogens (tertiary/aromatic N) is 2. The summed E-state index contributed by atoms with van der Waals surface area (Å²) in [5.41, 5.74) is 0.183. The molecule has 6 heteroatoms. The van der Waals surface area contributed by atoms with Crippen LogP contribution in [0.25, 0.3) is 0 Å². The quantitative estimate of drug-likeness (QED) is 0.891. The summed E-state index contributed by atoms with van der Waals surface area (Å²) < 4.78 is 1.34. The molecule has 0 spiro atoms. The molecule has 1 aliphatic heterocycles. The van der Waals surface area contributed by atoms with Gasteiger partial charge in [0.15, 0.2) is 0 Å². The highest BCUT2D eigenvalue weighted by Crippen LogP contribution is 2.40. The molecular formula is C16H20N2O4. The van der Waals surface area contributed by atoms with E-state index >= 15 is 0 Å². The molecule has 1 N–H and O–H groups in total. The number of carbonyl (C=O) groups is 2. The zero-order valence-corrected chi connectivity index (χ0v) is 12.6. The number of aromatic nitrogens is 1. The predicted molar refractivity (Wildman–Crippen MR) is 79.6 cm³/mol. The fourth-order valence-corrected chi connectivity index (χ4v) is 3.84. The van der Waals surface area contributed by atoms with Crippen molar-refractivity contribution >= 4 is 11.9 Å². The molecule has 1 aromatic rings. The first kappa shape index (κ1) is 14.8. The van der Waals surface area contributed by atoms with Gasteiger partial charge in [-0.15, -0.1) is 0 Å². The smallest absolute Gasteiger partial charge is 0.326 e. The molecule has 2 aliphatic rings. The third-order valence-electron chi connectivity index (χ3n) is 4.94. The summed E-state index contributed by atoms with van der Waals surface area (Å²) >= 11 is 0. The minimum absolute atomic E-state index is 0.0135. The molecule has 3 rings (SSSR count). The van der Waals surface area contributed by atoms with E-state index in [2.05, 4.69) is 0 Å². The highest BCUT2D eigenvalue weighted by molar-refractivity contribution is 5.97. The Hall–Kier alpha value is -2.11. The Bertz CT molecular complexity index is 666.